The molecule has 0 aliphatic rings. The Morgan fingerprint density at radius 2 is 1.93 bits per heavy atom. The lowest BCUT2D eigenvalue weighted by atomic mass is 10.1. The second-order valence-corrected chi connectivity index (χ2v) is 7.74. The van der Waals surface area contributed by atoms with E-state index < -0.39 is 29.7 Å². The fraction of sp³-hybridized carbons (Fsp3) is 0.389. The van der Waals surface area contributed by atoms with Gasteiger partial charge in [0.25, 0.3) is 5.56 Å². The van der Waals surface area contributed by atoms with Crippen LogP contribution in [-0.2, 0) is 30.2 Å². The van der Waals surface area contributed by atoms with E-state index in [4.69, 9.17) is 4.74 Å². The molecule has 1 N–H and O–H groups in total. The average molecular weight is 419 g/mol. The number of rotatable bonds is 5. The van der Waals surface area contributed by atoms with Crippen molar-refractivity contribution >= 4 is 39.4 Å². The summed E-state index contributed by atoms with van der Waals surface area (Å²) in [5.74, 6) is -1.13. The molecule has 3 aromatic rings. The molecule has 0 bridgehead atoms. The van der Waals surface area contributed by atoms with Crippen LogP contribution in [-0.4, -0.2) is 37.2 Å². The van der Waals surface area contributed by atoms with Crippen molar-refractivity contribution in [3.63, 3.8) is 0 Å². The summed E-state index contributed by atoms with van der Waals surface area (Å²) in [6.45, 7) is 5.00. The standard InChI is InChI=1S/C18H21N5O5S/c1-6-28-17(26)12-9(2)10(3)29-15(12)20-11(24)7-23-16(25)13-14(19-8-21(13)4)22(5)18(23)27/h8H,6-7H2,1-5H3,(H,20,24). The molecule has 11 heteroatoms. The summed E-state index contributed by atoms with van der Waals surface area (Å²) < 4.78 is 8.62. The molecule has 154 valence electrons. The van der Waals surface area contributed by atoms with Crippen molar-refractivity contribution in [1.82, 2.24) is 18.7 Å². The van der Waals surface area contributed by atoms with Gasteiger partial charge in [0, 0.05) is 19.0 Å². The monoisotopic (exact) mass is 419 g/mol. The van der Waals surface area contributed by atoms with E-state index in [9.17, 15) is 19.2 Å². The molecule has 0 aliphatic carbocycles. The highest BCUT2D eigenvalue weighted by Gasteiger charge is 2.23. The van der Waals surface area contributed by atoms with Crippen molar-refractivity contribution in [2.45, 2.75) is 27.3 Å². The first kappa shape index (κ1) is 20.5. The van der Waals surface area contributed by atoms with Gasteiger partial charge in [0.2, 0.25) is 5.91 Å². The zero-order valence-electron chi connectivity index (χ0n) is 16.7. The fourth-order valence-corrected chi connectivity index (χ4v) is 4.07. The summed E-state index contributed by atoms with van der Waals surface area (Å²) in [7, 11) is 3.12. The highest BCUT2D eigenvalue weighted by molar-refractivity contribution is 7.16. The Morgan fingerprint density at radius 3 is 2.59 bits per heavy atom. The molecule has 0 radical (unpaired) electrons. The Kier molecular flexibility index (Phi) is 5.42. The van der Waals surface area contributed by atoms with E-state index in [-0.39, 0.29) is 23.3 Å². The van der Waals surface area contributed by atoms with Gasteiger partial charge in [0.05, 0.1) is 18.5 Å². The molecule has 0 spiro atoms. The van der Waals surface area contributed by atoms with Crippen molar-refractivity contribution in [2.75, 3.05) is 11.9 Å². The van der Waals surface area contributed by atoms with Crippen LogP contribution >= 0.6 is 11.3 Å². The smallest absolute Gasteiger partial charge is 0.341 e. The summed E-state index contributed by atoms with van der Waals surface area (Å²) in [6, 6.07) is 0. The average Bonchev–Trinajstić information content (AvgIpc) is 3.17. The Morgan fingerprint density at radius 1 is 1.24 bits per heavy atom. The molecule has 0 unspecified atom stereocenters. The summed E-state index contributed by atoms with van der Waals surface area (Å²) in [5, 5.41) is 2.97. The van der Waals surface area contributed by atoms with E-state index in [2.05, 4.69) is 10.3 Å². The van der Waals surface area contributed by atoms with Crippen molar-refractivity contribution in [1.29, 1.82) is 0 Å². The summed E-state index contributed by atoms with van der Waals surface area (Å²) in [6.07, 6.45) is 1.43. The Bertz CT molecular complexity index is 1250. The number of carbonyl (C=O) groups excluding carboxylic acids is 2. The maximum Gasteiger partial charge on any atom is 0.341 e. The lowest BCUT2D eigenvalue weighted by Gasteiger charge is -2.10. The van der Waals surface area contributed by atoms with Crippen LogP contribution in [0, 0.1) is 13.8 Å². The molecule has 0 aliphatic heterocycles. The molecule has 0 atom stereocenters. The SMILES string of the molecule is CCOC(=O)c1c(NC(=O)Cn2c(=O)c3c(ncn3C)n(C)c2=O)sc(C)c1C. The van der Waals surface area contributed by atoms with E-state index in [1.165, 1.54) is 33.8 Å². The predicted molar refractivity (Wildman–Crippen MR) is 109 cm³/mol. The largest absolute Gasteiger partial charge is 0.462 e. The minimum atomic E-state index is -0.652. The zero-order valence-corrected chi connectivity index (χ0v) is 17.5. The lowest BCUT2D eigenvalue weighted by molar-refractivity contribution is -0.116. The molecule has 0 saturated carbocycles. The number of aromatic nitrogens is 4. The molecule has 3 heterocycles. The summed E-state index contributed by atoms with van der Waals surface area (Å²) in [5.41, 5.74) is 0.198. The van der Waals surface area contributed by atoms with Crippen LogP contribution in [0.4, 0.5) is 5.00 Å². The van der Waals surface area contributed by atoms with Crippen molar-refractivity contribution < 1.29 is 14.3 Å². The molecular formula is C18H21N5O5S. The first-order valence-corrected chi connectivity index (χ1v) is 9.66. The maximum absolute atomic E-state index is 12.7. The number of hydrogen-bond acceptors (Lipinski definition) is 7. The van der Waals surface area contributed by atoms with Gasteiger partial charge in [0.15, 0.2) is 11.2 Å². The van der Waals surface area contributed by atoms with Crippen molar-refractivity contribution in [3.05, 3.63) is 43.2 Å². The van der Waals surface area contributed by atoms with E-state index >= 15 is 0 Å². The van der Waals surface area contributed by atoms with E-state index in [1.54, 1.807) is 20.9 Å². The van der Waals surface area contributed by atoms with Crippen molar-refractivity contribution in [2.24, 2.45) is 14.1 Å². The van der Waals surface area contributed by atoms with Crippen LogP contribution in [0.15, 0.2) is 15.9 Å². The van der Waals surface area contributed by atoms with Gasteiger partial charge in [-0.2, -0.15) is 0 Å². The third kappa shape index (κ3) is 3.48. The number of carbonyl (C=O) groups is 2. The number of anilines is 1. The first-order valence-electron chi connectivity index (χ1n) is 8.85. The van der Waals surface area contributed by atoms with Crippen LogP contribution in [0.5, 0.6) is 0 Å². The van der Waals surface area contributed by atoms with E-state index in [0.717, 1.165) is 9.44 Å². The minimum Gasteiger partial charge on any atom is -0.462 e. The Hall–Kier alpha value is -3.21. The molecule has 0 saturated heterocycles. The van der Waals surface area contributed by atoms with Crippen LogP contribution in [0.25, 0.3) is 11.2 Å². The van der Waals surface area contributed by atoms with Crippen LogP contribution in [0.2, 0.25) is 0 Å². The molecule has 3 aromatic heterocycles. The third-order valence-electron chi connectivity index (χ3n) is 4.62. The van der Waals surface area contributed by atoms with Gasteiger partial charge in [-0.05, 0) is 26.3 Å². The number of esters is 1. The molecule has 29 heavy (non-hydrogen) atoms. The van der Waals surface area contributed by atoms with E-state index in [1.807, 2.05) is 6.92 Å². The van der Waals surface area contributed by atoms with Crippen LogP contribution in [0.3, 0.4) is 0 Å². The second-order valence-electron chi connectivity index (χ2n) is 6.52. The van der Waals surface area contributed by atoms with Gasteiger partial charge in [-0.15, -0.1) is 11.3 Å². The molecule has 10 nitrogen and oxygen atoms in total. The van der Waals surface area contributed by atoms with Crippen LogP contribution in [0.1, 0.15) is 27.7 Å². The van der Waals surface area contributed by atoms with Crippen molar-refractivity contribution in [3.8, 4) is 0 Å². The minimum absolute atomic E-state index is 0.205. The molecule has 1 amide bonds. The number of fused-ring (bicyclic) bond motifs is 1. The van der Waals surface area contributed by atoms with Gasteiger partial charge in [0.1, 0.15) is 11.5 Å². The summed E-state index contributed by atoms with van der Waals surface area (Å²) >= 11 is 1.23. The van der Waals surface area contributed by atoms with Gasteiger partial charge in [-0.1, -0.05) is 0 Å². The normalized spacial score (nSPS) is 11.1. The number of hydrogen-bond donors (Lipinski definition) is 1. The maximum atomic E-state index is 12.7. The fourth-order valence-electron chi connectivity index (χ4n) is 3.01. The van der Waals surface area contributed by atoms with Gasteiger partial charge < -0.3 is 14.6 Å². The highest BCUT2D eigenvalue weighted by atomic mass is 32.1. The number of nitrogens with one attached hydrogen (secondary N) is 1. The first-order chi connectivity index (χ1) is 13.7. The molecule has 0 aromatic carbocycles. The number of nitrogens with zero attached hydrogens (tertiary/aromatic N) is 4. The predicted octanol–water partition coefficient (Wildman–Crippen LogP) is 0.927. The number of ether oxygens (including phenoxy) is 1. The van der Waals surface area contributed by atoms with E-state index in [0.29, 0.717) is 10.6 Å². The molecule has 3 rings (SSSR count). The van der Waals surface area contributed by atoms with Crippen LogP contribution < -0.4 is 16.6 Å². The third-order valence-corrected chi connectivity index (χ3v) is 5.74. The molecular weight excluding hydrogens is 398 g/mol. The number of thiophene rings is 1. The zero-order chi connectivity index (χ0) is 21.5. The highest BCUT2D eigenvalue weighted by Crippen LogP contribution is 2.33. The quantitative estimate of drug-likeness (QED) is 0.615. The topological polar surface area (TPSA) is 117 Å². The summed E-state index contributed by atoms with van der Waals surface area (Å²) in [4.78, 5) is 55.1. The van der Waals surface area contributed by atoms with Gasteiger partial charge in [-0.3, -0.25) is 14.2 Å². The number of amides is 1. The Balaban J connectivity index is 1.97. The second kappa shape index (κ2) is 7.66. The van der Waals surface area contributed by atoms with Gasteiger partial charge >= 0.3 is 11.7 Å². The van der Waals surface area contributed by atoms with Gasteiger partial charge in [-0.25, -0.2) is 19.1 Å². The Labute approximate surface area is 169 Å². The molecule has 0 fully saturated rings. The number of aryl methyl sites for hydroxylation is 3. The lowest BCUT2D eigenvalue weighted by Crippen LogP contribution is -2.42. The number of imidazole rings is 1.